The van der Waals surface area contributed by atoms with Crippen molar-refractivity contribution in [2.45, 2.75) is 51.1 Å². The third-order valence-electron chi connectivity index (χ3n) is 6.47. The molecule has 0 radical (unpaired) electrons. The van der Waals surface area contributed by atoms with E-state index in [0.29, 0.717) is 51.1 Å². The van der Waals surface area contributed by atoms with E-state index in [0.717, 1.165) is 11.3 Å². The van der Waals surface area contributed by atoms with Crippen LogP contribution in [0.4, 0.5) is 4.79 Å². The minimum absolute atomic E-state index is 0.129. The predicted octanol–water partition coefficient (Wildman–Crippen LogP) is 5.24. The number of rotatable bonds is 7. The van der Waals surface area contributed by atoms with E-state index in [2.05, 4.69) is 19.9 Å². The number of amides is 1. The van der Waals surface area contributed by atoms with E-state index in [4.69, 9.17) is 21.1 Å². The topological polar surface area (TPSA) is 112 Å². The second kappa shape index (κ2) is 11.8. The smallest absolute Gasteiger partial charge is 0.410 e. The number of fused-ring (bicyclic) bond motifs is 1. The molecular formula is C29H31ClN6O4S. The lowest BCUT2D eigenvalue weighted by Crippen LogP contribution is -2.56. The van der Waals surface area contributed by atoms with Gasteiger partial charge in [-0.25, -0.2) is 19.7 Å². The standard InChI is InChI=1S/C29H31ClN6O4S/c1-17-12-31-14-24(33-17)18-6-7-21(23(30)11-18)22-10-19-13-32-27(41-5)34-25(19)36(26(22)37)8-9-39-20-15-35(16-20)28(38)40-29(2,3)4/h6-7,10-14,20H,8-9,15-16H2,1-5H3. The first kappa shape index (κ1) is 29.0. The van der Waals surface area contributed by atoms with Gasteiger partial charge in [-0.2, -0.15) is 0 Å². The van der Waals surface area contributed by atoms with Gasteiger partial charge in [0.15, 0.2) is 5.16 Å². The maximum Gasteiger partial charge on any atom is 0.410 e. The van der Waals surface area contributed by atoms with Crippen LogP contribution in [-0.2, 0) is 16.0 Å². The third kappa shape index (κ3) is 6.52. The summed E-state index contributed by atoms with van der Waals surface area (Å²) >= 11 is 8.13. The Morgan fingerprint density at radius 2 is 1.90 bits per heavy atom. The molecule has 0 atom stereocenters. The van der Waals surface area contributed by atoms with E-state index in [1.165, 1.54) is 11.8 Å². The number of hydrogen-bond acceptors (Lipinski definition) is 9. The zero-order chi connectivity index (χ0) is 29.3. The van der Waals surface area contributed by atoms with E-state index < -0.39 is 5.60 Å². The fraction of sp³-hybridized carbons (Fsp3) is 0.379. The molecule has 4 heterocycles. The monoisotopic (exact) mass is 594 g/mol. The van der Waals surface area contributed by atoms with E-state index in [1.54, 1.807) is 40.2 Å². The fourth-order valence-electron chi connectivity index (χ4n) is 4.47. The van der Waals surface area contributed by atoms with Crippen LogP contribution in [0.5, 0.6) is 0 Å². The minimum atomic E-state index is -0.550. The number of benzene rings is 1. The Morgan fingerprint density at radius 3 is 2.59 bits per heavy atom. The lowest BCUT2D eigenvalue weighted by Gasteiger charge is -2.39. The molecule has 0 spiro atoms. The van der Waals surface area contributed by atoms with Crippen LogP contribution in [-0.4, -0.2) is 73.2 Å². The first-order chi connectivity index (χ1) is 19.5. The molecule has 1 fully saturated rings. The number of likely N-dealkylation sites (tertiary alicyclic amines) is 1. The second-order valence-corrected chi connectivity index (χ2v) is 11.9. The van der Waals surface area contributed by atoms with Crippen LogP contribution in [0.25, 0.3) is 33.4 Å². The molecule has 1 aromatic carbocycles. The summed E-state index contributed by atoms with van der Waals surface area (Å²) in [7, 11) is 0. The molecule has 0 N–H and O–H groups in total. The van der Waals surface area contributed by atoms with Crippen LogP contribution in [0.3, 0.4) is 0 Å². The Balaban J connectivity index is 1.39. The van der Waals surface area contributed by atoms with Gasteiger partial charge in [-0.05, 0) is 46.1 Å². The van der Waals surface area contributed by atoms with Crippen molar-refractivity contribution in [3.05, 3.63) is 63.9 Å². The summed E-state index contributed by atoms with van der Waals surface area (Å²) in [5.41, 5.74) is 3.07. The number of halogens is 1. The summed E-state index contributed by atoms with van der Waals surface area (Å²) in [6, 6.07) is 7.26. The molecule has 5 rings (SSSR count). The Bertz CT molecular complexity index is 1670. The van der Waals surface area contributed by atoms with Gasteiger partial charge in [-0.1, -0.05) is 35.5 Å². The Kier molecular flexibility index (Phi) is 8.30. The number of nitrogens with zero attached hydrogens (tertiary/aromatic N) is 6. The molecule has 1 aliphatic heterocycles. The number of aromatic nitrogens is 5. The zero-order valence-electron chi connectivity index (χ0n) is 23.5. The number of hydrogen-bond donors (Lipinski definition) is 0. The van der Waals surface area contributed by atoms with Crippen molar-refractivity contribution < 1.29 is 14.3 Å². The minimum Gasteiger partial charge on any atom is -0.444 e. The molecule has 0 saturated carbocycles. The molecule has 3 aromatic heterocycles. The molecule has 0 bridgehead atoms. The van der Waals surface area contributed by atoms with Crippen molar-refractivity contribution in [1.29, 1.82) is 0 Å². The Hall–Kier alpha value is -3.54. The number of carbonyl (C=O) groups excluding carboxylic acids is 1. The van der Waals surface area contributed by atoms with E-state index in [1.807, 2.05) is 46.1 Å². The predicted molar refractivity (Wildman–Crippen MR) is 159 cm³/mol. The second-order valence-electron chi connectivity index (χ2n) is 10.8. The van der Waals surface area contributed by atoms with Crippen LogP contribution in [0.15, 0.2) is 52.8 Å². The molecule has 10 nitrogen and oxygen atoms in total. The number of ether oxygens (including phenoxy) is 2. The summed E-state index contributed by atoms with van der Waals surface area (Å²) in [5, 5.41) is 1.69. The van der Waals surface area contributed by atoms with Gasteiger partial charge < -0.3 is 14.4 Å². The molecule has 0 unspecified atom stereocenters. The molecule has 4 aromatic rings. The normalized spacial score (nSPS) is 13.9. The number of thioether (sulfide) groups is 1. The maximum atomic E-state index is 13.9. The number of aryl methyl sites for hydroxylation is 1. The van der Waals surface area contributed by atoms with Crippen molar-refractivity contribution in [3.63, 3.8) is 0 Å². The Morgan fingerprint density at radius 1 is 1.12 bits per heavy atom. The van der Waals surface area contributed by atoms with Gasteiger partial charge in [0.25, 0.3) is 5.56 Å². The summed E-state index contributed by atoms with van der Waals surface area (Å²) in [6.07, 6.45) is 6.48. The first-order valence-electron chi connectivity index (χ1n) is 13.2. The van der Waals surface area contributed by atoms with Crippen LogP contribution in [0.1, 0.15) is 26.5 Å². The molecular weight excluding hydrogens is 564 g/mol. The average Bonchev–Trinajstić information content (AvgIpc) is 2.89. The lowest BCUT2D eigenvalue weighted by atomic mass is 10.0. The summed E-state index contributed by atoms with van der Waals surface area (Å²) < 4.78 is 13.0. The highest BCUT2D eigenvalue weighted by Gasteiger charge is 2.34. The van der Waals surface area contributed by atoms with E-state index in [9.17, 15) is 9.59 Å². The summed E-state index contributed by atoms with van der Waals surface area (Å²) in [5.74, 6) is 0. The van der Waals surface area contributed by atoms with Gasteiger partial charge in [-0.3, -0.25) is 14.3 Å². The van der Waals surface area contributed by atoms with Crippen molar-refractivity contribution in [2.24, 2.45) is 0 Å². The number of pyridine rings is 1. The summed E-state index contributed by atoms with van der Waals surface area (Å²) in [4.78, 5) is 45.4. The van der Waals surface area contributed by atoms with Gasteiger partial charge in [0.1, 0.15) is 11.2 Å². The van der Waals surface area contributed by atoms with Crippen LogP contribution in [0.2, 0.25) is 5.02 Å². The fourth-order valence-corrected chi connectivity index (χ4v) is 5.09. The van der Waals surface area contributed by atoms with Crippen molar-refractivity contribution >= 4 is 40.5 Å². The van der Waals surface area contributed by atoms with Gasteiger partial charge in [0, 0.05) is 39.5 Å². The average molecular weight is 595 g/mol. The van der Waals surface area contributed by atoms with Gasteiger partial charge in [0.2, 0.25) is 0 Å². The van der Waals surface area contributed by atoms with Crippen LogP contribution >= 0.6 is 23.4 Å². The van der Waals surface area contributed by atoms with E-state index >= 15 is 0 Å². The van der Waals surface area contributed by atoms with Crippen molar-refractivity contribution in [1.82, 2.24) is 29.4 Å². The maximum absolute atomic E-state index is 13.9. The zero-order valence-corrected chi connectivity index (χ0v) is 25.1. The van der Waals surface area contributed by atoms with Crippen molar-refractivity contribution in [3.8, 4) is 22.4 Å². The van der Waals surface area contributed by atoms with E-state index in [-0.39, 0.29) is 30.9 Å². The molecule has 214 valence electrons. The third-order valence-corrected chi connectivity index (χ3v) is 7.34. The first-order valence-corrected chi connectivity index (χ1v) is 14.8. The molecule has 41 heavy (non-hydrogen) atoms. The molecule has 1 saturated heterocycles. The Labute approximate surface area is 247 Å². The van der Waals surface area contributed by atoms with Crippen LogP contribution in [0, 0.1) is 6.92 Å². The molecule has 12 heteroatoms. The quantitative estimate of drug-likeness (QED) is 0.209. The van der Waals surface area contributed by atoms with Crippen LogP contribution < -0.4 is 5.56 Å². The van der Waals surface area contributed by atoms with Gasteiger partial charge >= 0.3 is 6.09 Å². The highest BCUT2D eigenvalue weighted by atomic mass is 35.5. The molecule has 1 aliphatic rings. The molecule has 1 amide bonds. The molecule has 0 aliphatic carbocycles. The van der Waals surface area contributed by atoms with Gasteiger partial charge in [0.05, 0.1) is 49.9 Å². The lowest BCUT2D eigenvalue weighted by molar-refractivity contribution is -0.0645. The van der Waals surface area contributed by atoms with Gasteiger partial charge in [-0.15, -0.1) is 0 Å². The largest absolute Gasteiger partial charge is 0.444 e. The highest BCUT2D eigenvalue weighted by Crippen LogP contribution is 2.31. The summed E-state index contributed by atoms with van der Waals surface area (Å²) in [6.45, 7) is 8.80. The highest BCUT2D eigenvalue weighted by molar-refractivity contribution is 7.98. The number of carbonyl (C=O) groups is 1. The SMILES string of the molecule is CSc1ncc2cc(-c3ccc(-c4cncc(C)n4)cc3Cl)c(=O)n(CCOC3CN(C(=O)OC(C)(C)C)C3)c2n1. The van der Waals surface area contributed by atoms with Crippen molar-refractivity contribution in [2.75, 3.05) is 26.0 Å².